The maximum atomic E-state index is 12.5. The predicted octanol–water partition coefficient (Wildman–Crippen LogP) is 2.59. The number of carbonyl (C=O) groups is 2. The van der Waals surface area contributed by atoms with Crippen molar-refractivity contribution in [3.05, 3.63) is 28.6 Å². The van der Waals surface area contributed by atoms with E-state index in [1.165, 1.54) is 0 Å². The van der Waals surface area contributed by atoms with Gasteiger partial charge < -0.3 is 14.9 Å². The molecule has 1 aromatic heterocycles. The van der Waals surface area contributed by atoms with Gasteiger partial charge in [-0.05, 0) is 36.7 Å². The molecule has 24 heavy (non-hydrogen) atoms. The lowest BCUT2D eigenvalue weighted by molar-refractivity contribution is 0.0687. The lowest BCUT2D eigenvalue weighted by Crippen LogP contribution is -2.39. The lowest BCUT2D eigenvalue weighted by Gasteiger charge is -2.44. The van der Waals surface area contributed by atoms with E-state index in [1.54, 1.807) is 6.08 Å². The van der Waals surface area contributed by atoms with Crippen LogP contribution >= 0.6 is 0 Å². The highest BCUT2D eigenvalue weighted by Crippen LogP contribution is 2.51. The number of ketones is 1. The third-order valence-corrected chi connectivity index (χ3v) is 5.50. The van der Waals surface area contributed by atoms with Gasteiger partial charge in [-0.15, -0.1) is 0 Å². The number of hydrogen-bond acceptors (Lipinski definition) is 5. The fourth-order valence-electron chi connectivity index (χ4n) is 4.10. The number of hydrogen-bond donors (Lipinski definition) is 2. The summed E-state index contributed by atoms with van der Waals surface area (Å²) in [7, 11) is 0. The second-order valence-electron chi connectivity index (χ2n) is 7.00. The summed E-state index contributed by atoms with van der Waals surface area (Å²) in [6.07, 6.45) is 6.46. The minimum absolute atomic E-state index is 0.0322. The Hall–Kier alpha value is -2.21. The third kappa shape index (κ3) is 2.24. The van der Waals surface area contributed by atoms with Crippen LogP contribution in [-0.4, -0.2) is 40.2 Å². The van der Waals surface area contributed by atoms with E-state index in [0.717, 1.165) is 24.8 Å². The smallest absolute Gasteiger partial charge is 0.341 e. The first-order chi connectivity index (χ1) is 11.5. The van der Waals surface area contributed by atoms with Crippen molar-refractivity contribution < 1.29 is 24.5 Å². The third-order valence-electron chi connectivity index (χ3n) is 5.50. The number of rotatable bonds is 2. The number of fused-ring (bicyclic) bond motifs is 1. The first-order valence-corrected chi connectivity index (χ1v) is 8.30. The Morgan fingerprint density at radius 1 is 1.29 bits per heavy atom. The van der Waals surface area contributed by atoms with Crippen molar-refractivity contribution in [1.82, 2.24) is 4.98 Å². The van der Waals surface area contributed by atoms with Gasteiger partial charge in [0.2, 0.25) is 0 Å². The number of Topliss-reactive ketones (excluding diaryl/α,β-unsaturated/α-hetero) is 1. The van der Waals surface area contributed by atoms with Gasteiger partial charge in [0, 0.05) is 6.42 Å². The number of carboxylic acid groups (broad SMARTS) is 1. The number of ether oxygens (including phenoxy) is 1. The molecule has 6 nitrogen and oxygen atoms in total. The van der Waals surface area contributed by atoms with E-state index in [4.69, 9.17) is 4.74 Å². The SMILES string of the molecule is O=C1CC2(CCC2)Cc2nc(C3=CCOCC3)c(C(=O)O)c(O)c21. The highest BCUT2D eigenvalue weighted by atomic mass is 16.5. The van der Waals surface area contributed by atoms with E-state index in [2.05, 4.69) is 4.98 Å². The zero-order valence-electron chi connectivity index (χ0n) is 13.3. The number of carbonyl (C=O) groups excluding carboxylic acids is 1. The Morgan fingerprint density at radius 3 is 2.67 bits per heavy atom. The second-order valence-corrected chi connectivity index (χ2v) is 7.00. The van der Waals surface area contributed by atoms with Crippen LogP contribution in [0.1, 0.15) is 64.2 Å². The number of carboxylic acids is 1. The molecule has 2 heterocycles. The molecule has 0 amide bonds. The van der Waals surface area contributed by atoms with Crippen molar-refractivity contribution in [2.45, 2.75) is 38.5 Å². The molecule has 6 heteroatoms. The van der Waals surface area contributed by atoms with E-state index < -0.39 is 11.7 Å². The Morgan fingerprint density at radius 2 is 2.08 bits per heavy atom. The normalized spacial score (nSPS) is 21.8. The fourth-order valence-corrected chi connectivity index (χ4v) is 4.10. The van der Waals surface area contributed by atoms with Gasteiger partial charge in [-0.2, -0.15) is 0 Å². The molecule has 126 valence electrons. The fraction of sp³-hybridized carbons (Fsp3) is 0.500. The topological polar surface area (TPSA) is 96.7 Å². The number of nitrogens with zero attached hydrogens (tertiary/aromatic N) is 1. The molecule has 1 spiro atoms. The molecule has 4 rings (SSSR count). The maximum Gasteiger partial charge on any atom is 0.341 e. The first kappa shape index (κ1) is 15.3. The van der Waals surface area contributed by atoms with Crippen molar-refractivity contribution >= 4 is 17.3 Å². The minimum atomic E-state index is -1.26. The van der Waals surface area contributed by atoms with Gasteiger partial charge in [0.15, 0.2) is 5.78 Å². The molecule has 0 atom stereocenters. The standard InChI is InChI=1S/C18H19NO5/c20-12-9-18(4-1-5-18)8-11-13(12)16(21)14(17(22)23)15(19-11)10-2-6-24-7-3-10/h2H,1,3-9H2,(H,19,21)(H,22,23). The average molecular weight is 329 g/mol. The van der Waals surface area contributed by atoms with Gasteiger partial charge >= 0.3 is 5.97 Å². The van der Waals surface area contributed by atoms with Crippen LogP contribution in [0.5, 0.6) is 5.75 Å². The predicted molar refractivity (Wildman–Crippen MR) is 85.2 cm³/mol. The highest BCUT2D eigenvalue weighted by molar-refractivity contribution is 6.06. The average Bonchev–Trinajstić information content (AvgIpc) is 2.52. The van der Waals surface area contributed by atoms with E-state index in [-0.39, 0.29) is 28.0 Å². The van der Waals surface area contributed by atoms with Crippen LogP contribution in [0.3, 0.4) is 0 Å². The molecule has 1 aliphatic heterocycles. The molecule has 2 aliphatic carbocycles. The molecular formula is C18H19NO5. The molecule has 0 saturated heterocycles. The molecule has 3 aliphatic rings. The maximum absolute atomic E-state index is 12.5. The van der Waals surface area contributed by atoms with Crippen LogP contribution in [-0.2, 0) is 11.2 Å². The van der Waals surface area contributed by atoms with Crippen molar-refractivity contribution in [2.24, 2.45) is 5.41 Å². The van der Waals surface area contributed by atoms with Gasteiger partial charge in [0.25, 0.3) is 0 Å². The van der Waals surface area contributed by atoms with E-state index in [9.17, 15) is 19.8 Å². The summed E-state index contributed by atoms with van der Waals surface area (Å²) in [4.78, 5) is 28.8. The monoisotopic (exact) mass is 329 g/mol. The van der Waals surface area contributed by atoms with Crippen molar-refractivity contribution in [3.8, 4) is 5.75 Å². The Kier molecular flexibility index (Phi) is 3.46. The summed E-state index contributed by atoms with van der Waals surface area (Å²) in [5, 5.41) is 20.1. The Bertz CT molecular complexity index is 776. The summed E-state index contributed by atoms with van der Waals surface area (Å²) in [6, 6.07) is 0. The Balaban J connectivity index is 1.90. The lowest BCUT2D eigenvalue weighted by atomic mass is 9.60. The van der Waals surface area contributed by atoms with Crippen LogP contribution in [0, 0.1) is 5.41 Å². The molecule has 1 saturated carbocycles. The van der Waals surface area contributed by atoms with Crippen molar-refractivity contribution in [2.75, 3.05) is 13.2 Å². The van der Waals surface area contributed by atoms with Crippen LogP contribution in [0.2, 0.25) is 0 Å². The Labute approximate surface area is 139 Å². The summed E-state index contributed by atoms with van der Waals surface area (Å²) >= 11 is 0. The van der Waals surface area contributed by atoms with E-state index in [0.29, 0.717) is 38.2 Å². The van der Waals surface area contributed by atoms with Crippen LogP contribution in [0.4, 0.5) is 0 Å². The summed E-state index contributed by atoms with van der Waals surface area (Å²) in [5.41, 5.74) is 1.41. The van der Waals surface area contributed by atoms with Crippen molar-refractivity contribution in [1.29, 1.82) is 0 Å². The quantitative estimate of drug-likeness (QED) is 0.865. The van der Waals surface area contributed by atoms with Crippen LogP contribution in [0.15, 0.2) is 6.08 Å². The summed E-state index contributed by atoms with van der Waals surface area (Å²) in [5.74, 6) is -1.87. The highest BCUT2D eigenvalue weighted by Gasteiger charge is 2.45. The van der Waals surface area contributed by atoms with Gasteiger partial charge in [0.05, 0.1) is 30.2 Å². The van der Waals surface area contributed by atoms with Crippen molar-refractivity contribution in [3.63, 3.8) is 0 Å². The number of aromatic carboxylic acids is 1. The molecule has 0 unspecified atom stereocenters. The largest absolute Gasteiger partial charge is 0.506 e. The number of aromatic nitrogens is 1. The molecule has 0 bridgehead atoms. The molecule has 1 aromatic rings. The molecule has 0 radical (unpaired) electrons. The zero-order valence-corrected chi connectivity index (χ0v) is 13.3. The van der Waals surface area contributed by atoms with Gasteiger partial charge in [-0.1, -0.05) is 12.5 Å². The first-order valence-electron chi connectivity index (χ1n) is 8.30. The van der Waals surface area contributed by atoms with Gasteiger partial charge in [0.1, 0.15) is 11.3 Å². The summed E-state index contributed by atoms with van der Waals surface area (Å²) in [6.45, 7) is 0.893. The molecular weight excluding hydrogens is 310 g/mol. The second kappa shape index (κ2) is 5.41. The van der Waals surface area contributed by atoms with E-state index in [1.807, 2.05) is 0 Å². The molecule has 1 fully saturated rings. The van der Waals surface area contributed by atoms with E-state index >= 15 is 0 Å². The molecule has 2 N–H and O–H groups in total. The zero-order chi connectivity index (χ0) is 16.9. The number of pyridine rings is 1. The van der Waals surface area contributed by atoms with Gasteiger partial charge in [-0.25, -0.2) is 4.79 Å². The summed E-state index contributed by atoms with van der Waals surface area (Å²) < 4.78 is 5.27. The van der Waals surface area contributed by atoms with Crippen LogP contribution in [0.25, 0.3) is 5.57 Å². The number of aromatic hydroxyl groups is 1. The van der Waals surface area contributed by atoms with Crippen LogP contribution < -0.4 is 0 Å². The molecule has 0 aromatic carbocycles. The van der Waals surface area contributed by atoms with Gasteiger partial charge in [-0.3, -0.25) is 9.78 Å². The minimum Gasteiger partial charge on any atom is -0.506 e.